The van der Waals surface area contributed by atoms with Gasteiger partial charge >= 0.3 is 0 Å². The second kappa shape index (κ2) is 10.9. The van der Waals surface area contributed by atoms with Crippen molar-refractivity contribution in [3.05, 3.63) is 35.6 Å². The van der Waals surface area contributed by atoms with Gasteiger partial charge in [-0.05, 0) is 44.2 Å². The first kappa shape index (κ1) is 20.3. The molecule has 3 nitrogen and oxygen atoms in total. The van der Waals surface area contributed by atoms with Crippen LogP contribution in [0, 0.1) is 11.7 Å². The monoisotopic (exact) mass is 352 g/mol. The molecule has 0 aliphatic heterocycles. The fraction of sp³-hybridized carbons (Fsp3) is 0.714. The molecule has 1 saturated carbocycles. The first-order valence-corrected chi connectivity index (χ1v) is 9.71. The SMILES string of the molecule is CCOC(CC(c1ccccc1F)C(OC)C1CCCCC1)OCC. The third-order valence-electron chi connectivity index (χ3n) is 5.24. The summed E-state index contributed by atoms with van der Waals surface area (Å²) in [5, 5.41) is 0. The number of ether oxygens (including phenoxy) is 3. The quantitative estimate of drug-likeness (QED) is 0.535. The summed E-state index contributed by atoms with van der Waals surface area (Å²) in [6.07, 6.45) is 6.31. The Balaban J connectivity index is 2.27. The van der Waals surface area contributed by atoms with Crippen LogP contribution in [-0.2, 0) is 14.2 Å². The van der Waals surface area contributed by atoms with Gasteiger partial charge in [-0.3, -0.25) is 0 Å². The minimum atomic E-state index is -0.333. The summed E-state index contributed by atoms with van der Waals surface area (Å²) in [7, 11) is 1.75. The van der Waals surface area contributed by atoms with Crippen LogP contribution in [0.3, 0.4) is 0 Å². The van der Waals surface area contributed by atoms with E-state index in [1.54, 1.807) is 13.2 Å². The maximum Gasteiger partial charge on any atom is 0.158 e. The summed E-state index contributed by atoms with van der Waals surface area (Å²) >= 11 is 0. The number of hydrogen-bond donors (Lipinski definition) is 0. The molecule has 1 aromatic rings. The van der Waals surface area contributed by atoms with E-state index >= 15 is 0 Å². The highest BCUT2D eigenvalue weighted by atomic mass is 19.1. The Kier molecular flexibility index (Phi) is 8.87. The van der Waals surface area contributed by atoms with Crippen LogP contribution in [0.15, 0.2) is 24.3 Å². The molecule has 142 valence electrons. The van der Waals surface area contributed by atoms with E-state index in [1.165, 1.54) is 25.3 Å². The molecule has 4 heteroatoms. The average Bonchev–Trinajstić information content (AvgIpc) is 2.63. The molecule has 0 spiro atoms. The molecular formula is C21H33FO3. The van der Waals surface area contributed by atoms with Gasteiger partial charge in [-0.25, -0.2) is 4.39 Å². The second-order valence-electron chi connectivity index (χ2n) is 6.80. The van der Waals surface area contributed by atoms with Crippen LogP contribution in [-0.4, -0.2) is 32.7 Å². The number of methoxy groups -OCH3 is 1. The molecule has 2 atom stereocenters. The number of halogens is 1. The van der Waals surface area contributed by atoms with Crippen LogP contribution in [0.5, 0.6) is 0 Å². The summed E-state index contributed by atoms with van der Waals surface area (Å²) in [4.78, 5) is 0. The highest BCUT2D eigenvalue weighted by molar-refractivity contribution is 5.23. The Labute approximate surface area is 151 Å². The fourth-order valence-corrected chi connectivity index (χ4v) is 4.13. The normalized spacial score (nSPS) is 18.4. The molecule has 0 saturated heterocycles. The lowest BCUT2D eigenvalue weighted by Gasteiger charge is -2.36. The summed E-state index contributed by atoms with van der Waals surface area (Å²) in [5.74, 6) is 0.224. The summed E-state index contributed by atoms with van der Waals surface area (Å²) < 4.78 is 32.0. The number of rotatable bonds is 10. The molecule has 0 N–H and O–H groups in total. The lowest BCUT2D eigenvalue weighted by atomic mass is 9.76. The van der Waals surface area contributed by atoms with Gasteiger partial charge in [0.1, 0.15) is 5.82 Å². The Morgan fingerprint density at radius 1 is 1.04 bits per heavy atom. The molecule has 2 unspecified atom stereocenters. The Bertz CT molecular complexity index is 482. The van der Waals surface area contributed by atoms with Crippen molar-refractivity contribution in [1.82, 2.24) is 0 Å². The van der Waals surface area contributed by atoms with Crippen molar-refractivity contribution in [3.8, 4) is 0 Å². The van der Waals surface area contributed by atoms with Gasteiger partial charge < -0.3 is 14.2 Å². The van der Waals surface area contributed by atoms with Crippen molar-refractivity contribution in [2.24, 2.45) is 5.92 Å². The Morgan fingerprint density at radius 2 is 1.68 bits per heavy atom. The minimum absolute atomic E-state index is 0.0133. The van der Waals surface area contributed by atoms with Gasteiger partial charge in [-0.1, -0.05) is 37.5 Å². The molecule has 1 aliphatic carbocycles. The highest BCUT2D eigenvalue weighted by Crippen LogP contribution is 2.38. The molecule has 1 aliphatic rings. The third-order valence-corrected chi connectivity index (χ3v) is 5.24. The molecule has 0 radical (unpaired) electrons. The molecule has 25 heavy (non-hydrogen) atoms. The first-order chi connectivity index (χ1) is 12.2. The average molecular weight is 352 g/mol. The minimum Gasteiger partial charge on any atom is -0.381 e. The lowest BCUT2D eigenvalue weighted by molar-refractivity contribution is -0.149. The maximum atomic E-state index is 14.6. The molecule has 0 heterocycles. The Morgan fingerprint density at radius 3 is 2.24 bits per heavy atom. The predicted octanol–water partition coefficient (Wildman–Crippen LogP) is 5.29. The van der Waals surface area contributed by atoms with Crippen molar-refractivity contribution in [1.29, 1.82) is 0 Å². The van der Waals surface area contributed by atoms with Crippen LogP contribution >= 0.6 is 0 Å². The molecule has 0 amide bonds. The zero-order valence-electron chi connectivity index (χ0n) is 15.9. The molecule has 1 fully saturated rings. The van der Waals surface area contributed by atoms with Crippen molar-refractivity contribution in [2.45, 2.75) is 70.7 Å². The van der Waals surface area contributed by atoms with E-state index in [-0.39, 0.29) is 24.1 Å². The van der Waals surface area contributed by atoms with Crippen LogP contribution in [0.4, 0.5) is 4.39 Å². The van der Waals surface area contributed by atoms with Gasteiger partial charge in [0, 0.05) is 32.7 Å². The fourth-order valence-electron chi connectivity index (χ4n) is 4.13. The van der Waals surface area contributed by atoms with Crippen LogP contribution in [0.25, 0.3) is 0 Å². The van der Waals surface area contributed by atoms with Gasteiger partial charge in [0.05, 0.1) is 6.10 Å². The van der Waals surface area contributed by atoms with Crippen LogP contribution < -0.4 is 0 Å². The second-order valence-corrected chi connectivity index (χ2v) is 6.80. The molecule has 0 aromatic heterocycles. The molecule has 2 rings (SSSR count). The van der Waals surface area contributed by atoms with E-state index in [2.05, 4.69) is 0 Å². The van der Waals surface area contributed by atoms with Gasteiger partial charge in [0.15, 0.2) is 6.29 Å². The van der Waals surface area contributed by atoms with Crippen LogP contribution in [0.2, 0.25) is 0 Å². The topological polar surface area (TPSA) is 27.7 Å². The number of hydrogen-bond acceptors (Lipinski definition) is 3. The van der Waals surface area contributed by atoms with Gasteiger partial charge in [0.25, 0.3) is 0 Å². The predicted molar refractivity (Wildman–Crippen MR) is 98.2 cm³/mol. The van der Waals surface area contributed by atoms with E-state index in [0.29, 0.717) is 31.1 Å². The summed E-state index contributed by atoms with van der Waals surface area (Å²) in [6, 6.07) is 7.05. The molecular weight excluding hydrogens is 319 g/mol. The van der Waals surface area contributed by atoms with Gasteiger partial charge in [0.2, 0.25) is 0 Å². The zero-order chi connectivity index (χ0) is 18.1. The van der Waals surface area contributed by atoms with E-state index in [1.807, 2.05) is 26.0 Å². The highest BCUT2D eigenvalue weighted by Gasteiger charge is 2.35. The van der Waals surface area contributed by atoms with E-state index < -0.39 is 0 Å². The van der Waals surface area contributed by atoms with E-state index in [9.17, 15) is 4.39 Å². The summed E-state index contributed by atoms with van der Waals surface area (Å²) in [6.45, 7) is 5.07. The molecule has 0 bridgehead atoms. The third kappa shape index (κ3) is 5.77. The maximum absolute atomic E-state index is 14.6. The first-order valence-electron chi connectivity index (χ1n) is 9.71. The Hall–Kier alpha value is -0.970. The van der Waals surface area contributed by atoms with E-state index in [0.717, 1.165) is 12.8 Å². The van der Waals surface area contributed by atoms with Crippen molar-refractivity contribution in [3.63, 3.8) is 0 Å². The number of benzene rings is 1. The van der Waals surface area contributed by atoms with Crippen molar-refractivity contribution in [2.75, 3.05) is 20.3 Å². The van der Waals surface area contributed by atoms with Crippen molar-refractivity contribution >= 4 is 0 Å². The lowest BCUT2D eigenvalue weighted by Crippen LogP contribution is -2.35. The zero-order valence-corrected chi connectivity index (χ0v) is 15.9. The summed E-state index contributed by atoms with van der Waals surface area (Å²) in [5.41, 5.74) is 0.712. The largest absolute Gasteiger partial charge is 0.381 e. The standard InChI is InChI=1S/C21H33FO3/c1-4-24-20(25-5-2)15-18(17-13-9-10-14-19(17)22)21(23-3)16-11-7-6-8-12-16/h9-10,13-14,16,18,20-21H,4-8,11-12,15H2,1-3H3. The molecule has 1 aromatic carbocycles. The van der Waals surface area contributed by atoms with Crippen LogP contribution in [0.1, 0.15) is 63.9 Å². The smallest absolute Gasteiger partial charge is 0.158 e. The van der Waals surface area contributed by atoms with E-state index in [4.69, 9.17) is 14.2 Å². The van der Waals surface area contributed by atoms with Gasteiger partial charge in [-0.2, -0.15) is 0 Å². The van der Waals surface area contributed by atoms with Gasteiger partial charge in [-0.15, -0.1) is 0 Å². The van der Waals surface area contributed by atoms with Crippen molar-refractivity contribution < 1.29 is 18.6 Å².